The summed E-state index contributed by atoms with van der Waals surface area (Å²) < 4.78 is 37.9. The molecule has 2 aromatic heterocycles. The van der Waals surface area contributed by atoms with Crippen LogP contribution in [0.3, 0.4) is 0 Å². The Morgan fingerprint density at radius 2 is 2.30 bits per heavy atom. The Morgan fingerprint density at radius 3 is 2.85 bits per heavy atom. The second-order valence-electron chi connectivity index (χ2n) is 3.96. The van der Waals surface area contributed by atoms with E-state index >= 15 is 0 Å². The SMILES string of the molecule is CC(NC(=O)Cn1ccc(C(F)(F)F)n1)c1nn[nH]n1. The predicted octanol–water partition coefficient (Wildman–Crippen LogP) is 0.292. The van der Waals surface area contributed by atoms with Gasteiger partial charge in [0.25, 0.3) is 0 Å². The average molecular weight is 289 g/mol. The van der Waals surface area contributed by atoms with E-state index in [1.807, 2.05) is 0 Å². The first-order chi connectivity index (χ1) is 9.36. The molecule has 2 heterocycles. The monoisotopic (exact) mass is 289 g/mol. The summed E-state index contributed by atoms with van der Waals surface area (Å²) in [7, 11) is 0. The molecule has 0 aliphatic rings. The molecule has 0 saturated carbocycles. The lowest BCUT2D eigenvalue weighted by atomic mass is 10.3. The first kappa shape index (κ1) is 14.0. The van der Waals surface area contributed by atoms with E-state index in [1.54, 1.807) is 6.92 Å². The zero-order valence-corrected chi connectivity index (χ0v) is 10.2. The van der Waals surface area contributed by atoms with Crippen molar-refractivity contribution in [3.05, 3.63) is 23.8 Å². The molecular formula is C9H10F3N7O. The molecule has 0 aliphatic carbocycles. The normalized spacial score (nSPS) is 13.2. The highest BCUT2D eigenvalue weighted by atomic mass is 19.4. The number of amides is 1. The van der Waals surface area contributed by atoms with Crippen molar-refractivity contribution in [3.8, 4) is 0 Å². The van der Waals surface area contributed by atoms with Crippen molar-refractivity contribution < 1.29 is 18.0 Å². The van der Waals surface area contributed by atoms with Crippen LogP contribution in [-0.4, -0.2) is 36.3 Å². The number of alkyl halides is 3. The summed E-state index contributed by atoms with van der Waals surface area (Å²) in [6, 6.07) is 0.287. The minimum absolute atomic E-state index is 0.273. The molecule has 108 valence electrons. The van der Waals surface area contributed by atoms with Crippen molar-refractivity contribution in [2.45, 2.75) is 25.7 Å². The Balaban J connectivity index is 1.93. The summed E-state index contributed by atoms with van der Waals surface area (Å²) in [4.78, 5) is 11.6. The van der Waals surface area contributed by atoms with Gasteiger partial charge >= 0.3 is 6.18 Å². The molecule has 0 aromatic carbocycles. The number of rotatable bonds is 4. The molecule has 1 atom stereocenters. The van der Waals surface area contributed by atoms with Crippen LogP contribution in [0.25, 0.3) is 0 Å². The number of nitrogens with one attached hydrogen (secondary N) is 2. The molecule has 8 nitrogen and oxygen atoms in total. The van der Waals surface area contributed by atoms with E-state index in [-0.39, 0.29) is 12.4 Å². The Morgan fingerprint density at radius 1 is 1.55 bits per heavy atom. The third-order valence-corrected chi connectivity index (χ3v) is 2.36. The standard InChI is InChI=1S/C9H10F3N7O/c1-5(8-14-17-18-15-8)13-7(20)4-19-3-2-6(16-19)9(10,11)12/h2-3,5H,4H2,1H3,(H,13,20)(H,14,15,17,18). The lowest BCUT2D eigenvalue weighted by Gasteiger charge is -2.09. The van der Waals surface area contributed by atoms with Crippen LogP contribution in [-0.2, 0) is 17.5 Å². The van der Waals surface area contributed by atoms with Gasteiger partial charge in [-0.3, -0.25) is 9.48 Å². The van der Waals surface area contributed by atoms with Crippen LogP contribution in [0.4, 0.5) is 13.2 Å². The van der Waals surface area contributed by atoms with E-state index in [1.165, 1.54) is 0 Å². The smallest absolute Gasteiger partial charge is 0.345 e. The number of carbonyl (C=O) groups excluding carboxylic acids is 1. The van der Waals surface area contributed by atoms with Gasteiger partial charge in [0.05, 0.1) is 6.04 Å². The van der Waals surface area contributed by atoms with Crippen LogP contribution < -0.4 is 5.32 Å². The lowest BCUT2D eigenvalue weighted by Crippen LogP contribution is -2.31. The summed E-state index contributed by atoms with van der Waals surface area (Å²) in [5, 5.41) is 18.7. The Bertz CT molecular complexity index is 577. The van der Waals surface area contributed by atoms with E-state index in [4.69, 9.17) is 0 Å². The van der Waals surface area contributed by atoms with E-state index in [0.29, 0.717) is 0 Å². The molecule has 0 saturated heterocycles. The lowest BCUT2D eigenvalue weighted by molar-refractivity contribution is -0.141. The molecule has 0 fully saturated rings. The minimum atomic E-state index is -4.53. The molecule has 2 aromatic rings. The number of aromatic amines is 1. The van der Waals surface area contributed by atoms with E-state index in [0.717, 1.165) is 16.9 Å². The highest BCUT2D eigenvalue weighted by Crippen LogP contribution is 2.27. The second kappa shape index (κ2) is 5.27. The molecule has 0 bridgehead atoms. The first-order valence-corrected chi connectivity index (χ1v) is 5.49. The number of H-pyrrole nitrogens is 1. The van der Waals surface area contributed by atoms with Crippen molar-refractivity contribution in [2.24, 2.45) is 0 Å². The number of tetrazole rings is 1. The van der Waals surface area contributed by atoms with Gasteiger partial charge < -0.3 is 5.32 Å². The molecule has 2 N–H and O–H groups in total. The maximum atomic E-state index is 12.3. The van der Waals surface area contributed by atoms with Gasteiger partial charge in [-0.05, 0) is 13.0 Å². The summed E-state index contributed by atoms with van der Waals surface area (Å²) >= 11 is 0. The van der Waals surface area contributed by atoms with Crippen molar-refractivity contribution in [1.29, 1.82) is 0 Å². The van der Waals surface area contributed by atoms with Crippen LogP contribution in [0.2, 0.25) is 0 Å². The van der Waals surface area contributed by atoms with Gasteiger partial charge in [0.2, 0.25) is 5.91 Å². The fourth-order valence-corrected chi connectivity index (χ4v) is 1.45. The highest BCUT2D eigenvalue weighted by Gasteiger charge is 2.33. The molecule has 0 radical (unpaired) electrons. The van der Waals surface area contributed by atoms with E-state index in [2.05, 4.69) is 31.0 Å². The Labute approximate surface area is 110 Å². The van der Waals surface area contributed by atoms with Gasteiger partial charge in [-0.2, -0.15) is 23.5 Å². The van der Waals surface area contributed by atoms with E-state index in [9.17, 15) is 18.0 Å². The van der Waals surface area contributed by atoms with Gasteiger partial charge in [-0.1, -0.05) is 5.21 Å². The largest absolute Gasteiger partial charge is 0.435 e. The highest BCUT2D eigenvalue weighted by molar-refractivity contribution is 5.75. The van der Waals surface area contributed by atoms with Gasteiger partial charge in [0.15, 0.2) is 11.5 Å². The zero-order valence-electron chi connectivity index (χ0n) is 10.2. The van der Waals surface area contributed by atoms with Gasteiger partial charge in [-0.25, -0.2) is 0 Å². The van der Waals surface area contributed by atoms with Crippen molar-refractivity contribution in [1.82, 2.24) is 35.7 Å². The molecule has 20 heavy (non-hydrogen) atoms. The number of aromatic nitrogens is 6. The minimum Gasteiger partial charge on any atom is -0.345 e. The fourth-order valence-electron chi connectivity index (χ4n) is 1.45. The van der Waals surface area contributed by atoms with Crippen molar-refractivity contribution in [2.75, 3.05) is 0 Å². The summed E-state index contributed by atoms with van der Waals surface area (Å²) in [5.41, 5.74) is -1.04. The van der Waals surface area contributed by atoms with Crippen LogP contribution in [0.1, 0.15) is 24.5 Å². The van der Waals surface area contributed by atoms with Crippen LogP contribution in [0.15, 0.2) is 12.3 Å². The predicted molar refractivity (Wildman–Crippen MR) is 58.0 cm³/mol. The third-order valence-electron chi connectivity index (χ3n) is 2.36. The molecule has 11 heteroatoms. The fraction of sp³-hybridized carbons (Fsp3) is 0.444. The number of carbonyl (C=O) groups is 1. The number of hydrogen-bond acceptors (Lipinski definition) is 5. The average Bonchev–Trinajstić information content (AvgIpc) is 2.97. The molecular weight excluding hydrogens is 279 g/mol. The van der Waals surface area contributed by atoms with E-state index < -0.39 is 23.8 Å². The van der Waals surface area contributed by atoms with Gasteiger partial charge in [-0.15, -0.1) is 10.2 Å². The summed E-state index contributed by atoms with van der Waals surface area (Å²) in [5.74, 6) is -0.242. The quantitative estimate of drug-likeness (QED) is 0.842. The molecule has 0 spiro atoms. The Hall–Kier alpha value is -2.46. The molecule has 2 rings (SSSR count). The zero-order chi connectivity index (χ0) is 14.8. The molecule has 1 unspecified atom stereocenters. The maximum Gasteiger partial charge on any atom is 0.435 e. The third kappa shape index (κ3) is 3.30. The van der Waals surface area contributed by atoms with Crippen LogP contribution >= 0.6 is 0 Å². The molecule has 0 aliphatic heterocycles. The van der Waals surface area contributed by atoms with Crippen LogP contribution in [0.5, 0.6) is 0 Å². The number of halogens is 3. The second-order valence-corrected chi connectivity index (χ2v) is 3.96. The maximum absolute atomic E-state index is 12.3. The Kier molecular flexibility index (Phi) is 3.68. The first-order valence-electron chi connectivity index (χ1n) is 5.49. The van der Waals surface area contributed by atoms with Gasteiger partial charge in [0.1, 0.15) is 6.54 Å². The van der Waals surface area contributed by atoms with Crippen molar-refractivity contribution in [3.63, 3.8) is 0 Å². The molecule has 1 amide bonds. The van der Waals surface area contributed by atoms with Gasteiger partial charge in [0, 0.05) is 6.20 Å². The number of nitrogens with zero attached hydrogens (tertiary/aromatic N) is 5. The topological polar surface area (TPSA) is 101 Å². The summed E-state index contributed by atoms with van der Waals surface area (Å²) in [6.45, 7) is 1.28. The summed E-state index contributed by atoms with van der Waals surface area (Å²) in [6.07, 6.45) is -3.44. The van der Waals surface area contributed by atoms with Crippen LogP contribution in [0, 0.1) is 0 Å². The number of hydrogen-bond donors (Lipinski definition) is 2. The van der Waals surface area contributed by atoms with Crippen molar-refractivity contribution >= 4 is 5.91 Å².